The lowest BCUT2D eigenvalue weighted by Crippen LogP contribution is -2.15. The van der Waals surface area contributed by atoms with E-state index < -0.39 is 0 Å². The third-order valence-corrected chi connectivity index (χ3v) is 2.44. The maximum atomic E-state index is 5.55. The molecule has 7 nitrogen and oxygen atoms in total. The Kier molecular flexibility index (Phi) is 8.42. The first-order valence-corrected chi connectivity index (χ1v) is 7.63. The molecule has 0 aliphatic carbocycles. The molecule has 0 bridgehead atoms. The predicted molar refractivity (Wildman–Crippen MR) is 84.0 cm³/mol. The van der Waals surface area contributed by atoms with Crippen LogP contribution < -0.4 is 15.4 Å². The molecule has 0 fully saturated rings. The summed E-state index contributed by atoms with van der Waals surface area (Å²) in [7, 11) is 0. The number of hydrogen-bond acceptors (Lipinski definition) is 7. The summed E-state index contributed by atoms with van der Waals surface area (Å²) in [6.45, 7) is 11.0. The summed E-state index contributed by atoms with van der Waals surface area (Å²) in [5, 5.41) is 6.32. The topological polar surface area (TPSA) is 81.2 Å². The van der Waals surface area contributed by atoms with Gasteiger partial charge in [-0.1, -0.05) is 6.92 Å². The summed E-state index contributed by atoms with van der Waals surface area (Å²) in [6.07, 6.45) is 1.93. The van der Waals surface area contributed by atoms with E-state index in [9.17, 15) is 0 Å². The Morgan fingerprint density at radius 3 is 2.24 bits per heavy atom. The SMILES string of the molecule is CCCNc1nc(NCCCOCC)nc(OC(C)C)n1. The summed E-state index contributed by atoms with van der Waals surface area (Å²) >= 11 is 0. The van der Waals surface area contributed by atoms with Gasteiger partial charge in [-0.2, -0.15) is 15.0 Å². The molecule has 1 rings (SSSR count). The van der Waals surface area contributed by atoms with Crippen molar-refractivity contribution in [3.8, 4) is 6.01 Å². The summed E-state index contributed by atoms with van der Waals surface area (Å²) in [5.74, 6) is 1.06. The predicted octanol–water partition coefficient (Wildman–Crippen LogP) is 2.32. The second kappa shape index (κ2) is 10.1. The number of rotatable bonds is 11. The Hall–Kier alpha value is -1.63. The number of anilines is 2. The molecule has 120 valence electrons. The van der Waals surface area contributed by atoms with E-state index in [1.165, 1.54) is 0 Å². The highest BCUT2D eigenvalue weighted by molar-refractivity contribution is 5.35. The van der Waals surface area contributed by atoms with Crippen molar-refractivity contribution in [3.05, 3.63) is 0 Å². The van der Waals surface area contributed by atoms with Gasteiger partial charge in [-0.05, 0) is 33.6 Å². The minimum atomic E-state index is 0.0252. The first-order chi connectivity index (χ1) is 10.2. The van der Waals surface area contributed by atoms with Crippen LogP contribution in [0.25, 0.3) is 0 Å². The van der Waals surface area contributed by atoms with Crippen molar-refractivity contribution in [1.82, 2.24) is 15.0 Å². The fourth-order valence-corrected chi connectivity index (χ4v) is 1.53. The van der Waals surface area contributed by atoms with E-state index in [4.69, 9.17) is 9.47 Å². The average molecular weight is 297 g/mol. The van der Waals surface area contributed by atoms with Gasteiger partial charge in [0.1, 0.15) is 0 Å². The fraction of sp³-hybridized carbons (Fsp3) is 0.786. The zero-order valence-electron chi connectivity index (χ0n) is 13.5. The Morgan fingerprint density at radius 1 is 1.00 bits per heavy atom. The summed E-state index contributed by atoms with van der Waals surface area (Å²) in [4.78, 5) is 12.8. The second-order valence-electron chi connectivity index (χ2n) is 4.84. The van der Waals surface area contributed by atoms with Crippen LogP contribution in [0.5, 0.6) is 6.01 Å². The minimum Gasteiger partial charge on any atom is -0.461 e. The lowest BCUT2D eigenvalue weighted by atomic mass is 10.4. The van der Waals surface area contributed by atoms with Crippen molar-refractivity contribution >= 4 is 11.9 Å². The molecular formula is C14H27N5O2. The fourth-order valence-electron chi connectivity index (χ4n) is 1.53. The molecule has 0 amide bonds. The number of nitrogens with one attached hydrogen (secondary N) is 2. The highest BCUT2D eigenvalue weighted by Crippen LogP contribution is 2.12. The first kappa shape index (κ1) is 17.4. The van der Waals surface area contributed by atoms with Crippen LogP contribution >= 0.6 is 0 Å². The molecule has 0 atom stereocenters. The third kappa shape index (κ3) is 7.65. The van der Waals surface area contributed by atoms with Gasteiger partial charge < -0.3 is 20.1 Å². The number of hydrogen-bond donors (Lipinski definition) is 2. The molecule has 0 aliphatic rings. The van der Waals surface area contributed by atoms with E-state index in [-0.39, 0.29) is 6.10 Å². The van der Waals surface area contributed by atoms with Crippen LogP contribution in [0, 0.1) is 0 Å². The smallest absolute Gasteiger partial charge is 0.323 e. The zero-order chi connectivity index (χ0) is 15.5. The largest absolute Gasteiger partial charge is 0.461 e. The molecule has 1 aromatic heterocycles. The highest BCUT2D eigenvalue weighted by Gasteiger charge is 2.08. The summed E-state index contributed by atoms with van der Waals surface area (Å²) in [5.41, 5.74) is 0. The maximum Gasteiger partial charge on any atom is 0.323 e. The van der Waals surface area contributed by atoms with Gasteiger partial charge in [0.2, 0.25) is 11.9 Å². The van der Waals surface area contributed by atoms with Crippen LogP contribution in [0.15, 0.2) is 0 Å². The van der Waals surface area contributed by atoms with Crippen LogP contribution in [-0.4, -0.2) is 47.4 Å². The van der Waals surface area contributed by atoms with Gasteiger partial charge in [-0.3, -0.25) is 0 Å². The van der Waals surface area contributed by atoms with Gasteiger partial charge in [-0.25, -0.2) is 0 Å². The van der Waals surface area contributed by atoms with Crippen LogP contribution in [0.4, 0.5) is 11.9 Å². The molecule has 1 heterocycles. The van der Waals surface area contributed by atoms with Gasteiger partial charge in [-0.15, -0.1) is 0 Å². The monoisotopic (exact) mass is 297 g/mol. The summed E-state index contributed by atoms with van der Waals surface area (Å²) in [6, 6.07) is 0.339. The van der Waals surface area contributed by atoms with Crippen molar-refractivity contribution in [2.24, 2.45) is 0 Å². The van der Waals surface area contributed by atoms with Crippen molar-refractivity contribution in [2.75, 3.05) is 36.9 Å². The Balaban J connectivity index is 2.62. The second-order valence-corrected chi connectivity index (χ2v) is 4.84. The van der Waals surface area contributed by atoms with Crippen molar-refractivity contribution in [2.45, 2.75) is 46.6 Å². The first-order valence-electron chi connectivity index (χ1n) is 7.63. The minimum absolute atomic E-state index is 0.0252. The molecule has 2 N–H and O–H groups in total. The highest BCUT2D eigenvalue weighted by atomic mass is 16.5. The standard InChI is InChI=1S/C14H27N5O2/c1-5-8-15-12-17-13(16-9-7-10-20-6-2)19-14(18-12)21-11(3)4/h11H,5-10H2,1-4H3,(H2,15,16,17,18,19). The van der Waals surface area contributed by atoms with Gasteiger partial charge in [0.25, 0.3) is 0 Å². The van der Waals surface area contributed by atoms with Crippen LogP contribution in [0.1, 0.15) is 40.5 Å². The van der Waals surface area contributed by atoms with Crippen molar-refractivity contribution in [3.63, 3.8) is 0 Å². The molecule has 0 aliphatic heterocycles. The molecule has 0 spiro atoms. The number of ether oxygens (including phenoxy) is 2. The number of nitrogens with zero attached hydrogens (tertiary/aromatic N) is 3. The maximum absolute atomic E-state index is 5.55. The van der Waals surface area contributed by atoms with Crippen LogP contribution in [-0.2, 0) is 4.74 Å². The average Bonchev–Trinajstić information content (AvgIpc) is 2.44. The van der Waals surface area contributed by atoms with Crippen LogP contribution in [0.3, 0.4) is 0 Å². The van der Waals surface area contributed by atoms with Gasteiger partial charge in [0.05, 0.1) is 6.10 Å². The molecule has 0 saturated carbocycles. The molecule has 1 aromatic rings. The van der Waals surface area contributed by atoms with Crippen molar-refractivity contribution in [1.29, 1.82) is 0 Å². The Morgan fingerprint density at radius 2 is 1.67 bits per heavy atom. The molecule has 7 heteroatoms. The van der Waals surface area contributed by atoms with E-state index >= 15 is 0 Å². The van der Waals surface area contributed by atoms with E-state index in [2.05, 4.69) is 32.5 Å². The van der Waals surface area contributed by atoms with Crippen molar-refractivity contribution < 1.29 is 9.47 Å². The third-order valence-electron chi connectivity index (χ3n) is 2.44. The van der Waals surface area contributed by atoms with E-state index in [0.717, 1.165) is 39.1 Å². The molecule has 0 aromatic carbocycles. The molecule has 0 unspecified atom stereocenters. The molecule has 0 radical (unpaired) electrons. The van der Waals surface area contributed by atoms with Gasteiger partial charge in [0, 0.05) is 26.3 Å². The molecule has 21 heavy (non-hydrogen) atoms. The zero-order valence-corrected chi connectivity index (χ0v) is 13.5. The lowest BCUT2D eigenvalue weighted by molar-refractivity contribution is 0.147. The van der Waals surface area contributed by atoms with E-state index in [0.29, 0.717) is 17.9 Å². The Bertz CT molecular complexity index is 401. The van der Waals surface area contributed by atoms with E-state index in [1.807, 2.05) is 20.8 Å². The Labute approximate surface area is 126 Å². The van der Waals surface area contributed by atoms with Gasteiger partial charge in [0.15, 0.2) is 0 Å². The summed E-state index contributed by atoms with van der Waals surface area (Å²) < 4.78 is 10.8. The molecular weight excluding hydrogens is 270 g/mol. The normalized spacial score (nSPS) is 10.7. The number of aromatic nitrogens is 3. The van der Waals surface area contributed by atoms with Gasteiger partial charge >= 0.3 is 6.01 Å². The van der Waals surface area contributed by atoms with Crippen LogP contribution in [0.2, 0.25) is 0 Å². The quantitative estimate of drug-likeness (QED) is 0.607. The van der Waals surface area contributed by atoms with E-state index in [1.54, 1.807) is 0 Å². The lowest BCUT2D eigenvalue weighted by Gasteiger charge is -2.12. The molecule has 0 saturated heterocycles.